The second kappa shape index (κ2) is 13.6. The van der Waals surface area contributed by atoms with Gasteiger partial charge in [-0.1, -0.05) is 54.4 Å². The molecule has 40 heavy (non-hydrogen) atoms. The van der Waals surface area contributed by atoms with E-state index in [1.54, 1.807) is 43.3 Å². The molecule has 0 aliphatic rings. The molecule has 0 aliphatic heterocycles. The van der Waals surface area contributed by atoms with Crippen LogP contribution in [0.25, 0.3) is 0 Å². The number of anilines is 1. The number of nitro benzene ring substituents is 1. The number of hydrogen-bond donors (Lipinski definition) is 1. The Labute approximate surface area is 242 Å². The minimum Gasteiger partial charge on any atom is -0.354 e. The molecule has 0 radical (unpaired) electrons. The quantitative estimate of drug-likeness (QED) is 0.227. The van der Waals surface area contributed by atoms with Gasteiger partial charge >= 0.3 is 0 Å². The van der Waals surface area contributed by atoms with Crippen LogP contribution in [0.5, 0.6) is 0 Å². The van der Waals surface area contributed by atoms with E-state index in [2.05, 4.69) is 5.32 Å². The van der Waals surface area contributed by atoms with Crippen LogP contribution in [0.15, 0.2) is 77.7 Å². The van der Waals surface area contributed by atoms with E-state index in [0.29, 0.717) is 23.6 Å². The van der Waals surface area contributed by atoms with Crippen molar-refractivity contribution in [1.82, 2.24) is 10.2 Å². The van der Waals surface area contributed by atoms with Gasteiger partial charge in [-0.25, -0.2) is 8.42 Å². The van der Waals surface area contributed by atoms with Crippen molar-refractivity contribution in [2.24, 2.45) is 0 Å². The second-order valence-corrected chi connectivity index (χ2v) is 11.5. The van der Waals surface area contributed by atoms with Gasteiger partial charge < -0.3 is 10.2 Å². The van der Waals surface area contributed by atoms with E-state index in [4.69, 9.17) is 23.2 Å². The zero-order valence-corrected chi connectivity index (χ0v) is 24.1. The fourth-order valence-corrected chi connectivity index (χ4v) is 5.56. The third kappa shape index (κ3) is 7.50. The number of nitrogens with zero attached hydrogens (tertiary/aromatic N) is 3. The molecule has 0 spiro atoms. The Hall–Kier alpha value is -3.67. The summed E-state index contributed by atoms with van der Waals surface area (Å²) >= 11 is 12.2. The number of sulfonamides is 1. The minimum atomic E-state index is -4.28. The fourth-order valence-electron chi connectivity index (χ4n) is 3.80. The van der Waals surface area contributed by atoms with Gasteiger partial charge in [-0.15, -0.1) is 0 Å². The number of rotatable bonds is 12. The first-order valence-corrected chi connectivity index (χ1v) is 14.5. The van der Waals surface area contributed by atoms with E-state index >= 15 is 0 Å². The van der Waals surface area contributed by atoms with E-state index < -0.39 is 39.3 Å². The van der Waals surface area contributed by atoms with E-state index in [9.17, 15) is 28.1 Å². The van der Waals surface area contributed by atoms with E-state index in [1.165, 1.54) is 29.2 Å². The molecule has 3 aromatic carbocycles. The van der Waals surface area contributed by atoms with Crippen molar-refractivity contribution < 1.29 is 22.9 Å². The lowest BCUT2D eigenvalue weighted by Crippen LogP contribution is -2.51. The van der Waals surface area contributed by atoms with Crippen LogP contribution in [-0.4, -0.2) is 49.2 Å². The Kier molecular flexibility index (Phi) is 10.5. The molecule has 10 nitrogen and oxygen atoms in total. The van der Waals surface area contributed by atoms with Crippen molar-refractivity contribution in [1.29, 1.82) is 0 Å². The molecular weight excluding hydrogens is 579 g/mol. The van der Waals surface area contributed by atoms with Gasteiger partial charge in [0.05, 0.1) is 25.6 Å². The van der Waals surface area contributed by atoms with Crippen LogP contribution < -0.4 is 9.62 Å². The molecule has 1 N–H and O–H groups in total. The highest BCUT2D eigenvalue weighted by Crippen LogP contribution is 2.27. The first-order valence-electron chi connectivity index (χ1n) is 12.3. The van der Waals surface area contributed by atoms with Gasteiger partial charge in [-0.2, -0.15) is 0 Å². The number of amides is 2. The Morgan fingerprint density at radius 2 is 1.65 bits per heavy atom. The molecule has 0 fully saturated rings. The van der Waals surface area contributed by atoms with Gasteiger partial charge in [0.1, 0.15) is 12.6 Å². The average Bonchev–Trinajstić information content (AvgIpc) is 2.95. The lowest BCUT2D eigenvalue weighted by atomic mass is 10.1. The summed E-state index contributed by atoms with van der Waals surface area (Å²) < 4.78 is 28.3. The highest BCUT2D eigenvalue weighted by molar-refractivity contribution is 7.92. The lowest BCUT2D eigenvalue weighted by molar-refractivity contribution is -0.384. The monoisotopic (exact) mass is 606 g/mol. The molecule has 0 aliphatic carbocycles. The normalized spacial score (nSPS) is 11.9. The molecule has 13 heteroatoms. The Balaban J connectivity index is 2.04. The fraction of sp³-hybridized carbons (Fsp3) is 0.259. The van der Waals surface area contributed by atoms with Gasteiger partial charge in [0.2, 0.25) is 11.8 Å². The third-order valence-electron chi connectivity index (χ3n) is 6.01. The van der Waals surface area contributed by atoms with Gasteiger partial charge in [-0.3, -0.25) is 24.0 Å². The van der Waals surface area contributed by atoms with E-state index in [1.807, 2.05) is 6.92 Å². The van der Waals surface area contributed by atoms with Crippen LogP contribution in [0.1, 0.15) is 25.8 Å². The summed E-state index contributed by atoms with van der Waals surface area (Å²) in [5.74, 6) is -1.09. The zero-order valence-electron chi connectivity index (χ0n) is 21.8. The maximum absolute atomic E-state index is 13.8. The summed E-state index contributed by atoms with van der Waals surface area (Å²) in [6, 6.07) is 16.1. The number of benzene rings is 3. The molecule has 0 saturated heterocycles. The second-order valence-electron chi connectivity index (χ2n) is 8.84. The van der Waals surface area contributed by atoms with Crippen molar-refractivity contribution in [3.05, 3.63) is 98.5 Å². The summed E-state index contributed by atoms with van der Waals surface area (Å²) in [6.07, 6.45) is 0.683. The molecule has 1 atom stereocenters. The SMILES string of the molecule is CCCNC(=O)C(C)N(Cc1ccc(Cl)c(Cl)c1)C(=O)CN(c1ccc([N+](=O)[O-])cc1)S(=O)(=O)c1ccccc1. The van der Waals surface area contributed by atoms with Gasteiger partial charge in [-0.05, 0) is 55.3 Å². The van der Waals surface area contributed by atoms with Gasteiger partial charge in [0.25, 0.3) is 15.7 Å². The maximum atomic E-state index is 13.8. The van der Waals surface area contributed by atoms with Crippen molar-refractivity contribution in [2.45, 2.75) is 37.8 Å². The van der Waals surface area contributed by atoms with Crippen molar-refractivity contribution in [2.75, 3.05) is 17.4 Å². The standard InChI is InChI=1S/C27H28Cl2N4O6S/c1-3-15-30-27(35)19(2)31(17-20-9-14-24(28)25(29)16-20)26(34)18-32(21-10-12-22(13-11-21)33(36)37)40(38,39)23-7-5-4-6-8-23/h4-14,16,19H,3,15,17-18H2,1-2H3,(H,30,35). The predicted octanol–water partition coefficient (Wildman–Crippen LogP) is 5.04. The van der Waals surface area contributed by atoms with Crippen LogP contribution >= 0.6 is 23.2 Å². The van der Waals surface area contributed by atoms with Crippen LogP contribution in [0.3, 0.4) is 0 Å². The number of hydrogen-bond acceptors (Lipinski definition) is 6. The first-order chi connectivity index (χ1) is 18.9. The van der Waals surface area contributed by atoms with Crippen LogP contribution in [-0.2, 0) is 26.2 Å². The molecule has 0 saturated carbocycles. The topological polar surface area (TPSA) is 130 Å². The smallest absolute Gasteiger partial charge is 0.269 e. The number of halogens is 2. The maximum Gasteiger partial charge on any atom is 0.269 e. The zero-order chi connectivity index (χ0) is 29.4. The highest BCUT2D eigenvalue weighted by atomic mass is 35.5. The Morgan fingerprint density at radius 1 is 1.00 bits per heavy atom. The molecule has 2 amide bonds. The van der Waals surface area contributed by atoms with E-state index in [0.717, 1.165) is 16.4 Å². The molecule has 3 aromatic rings. The van der Waals surface area contributed by atoms with Crippen LogP contribution in [0.2, 0.25) is 10.0 Å². The van der Waals surface area contributed by atoms with Crippen molar-refractivity contribution >= 4 is 56.4 Å². The number of non-ortho nitro benzene ring substituents is 1. The molecule has 3 rings (SSSR count). The van der Waals surface area contributed by atoms with Crippen LogP contribution in [0, 0.1) is 10.1 Å². The predicted molar refractivity (Wildman–Crippen MR) is 154 cm³/mol. The van der Waals surface area contributed by atoms with E-state index in [-0.39, 0.29) is 27.8 Å². The molecule has 212 valence electrons. The summed E-state index contributed by atoms with van der Waals surface area (Å²) in [5.41, 5.74) is 0.376. The summed E-state index contributed by atoms with van der Waals surface area (Å²) in [7, 11) is -4.28. The summed E-state index contributed by atoms with van der Waals surface area (Å²) in [6.45, 7) is 3.09. The highest BCUT2D eigenvalue weighted by Gasteiger charge is 2.32. The van der Waals surface area contributed by atoms with Crippen molar-refractivity contribution in [3.8, 4) is 0 Å². The van der Waals surface area contributed by atoms with Gasteiger partial charge in [0.15, 0.2) is 0 Å². The van der Waals surface area contributed by atoms with Crippen LogP contribution in [0.4, 0.5) is 11.4 Å². The largest absolute Gasteiger partial charge is 0.354 e. The number of nitrogens with one attached hydrogen (secondary N) is 1. The number of carbonyl (C=O) groups is 2. The number of nitro groups is 1. The Bertz CT molecular complexity index is 1470. The summed E-state index contributed by atoms with van der Waals surface area (Å²) in [5, 5.41) is 14.5. The molecule has 1 unspecified atom stereocenters. The third-order valence-corrected chi connectivity index (χ3v) is 8.54. The lowest BCUT2D eigenvalue weighted by Gasteiger charge is -2.32. The average molecular weight is 608 g/mol. The minimum absolute atomic E-state index is 0.0420. The Morgan fingerprint density at radius 3 is 2.23 bits per heavy atom. The molecule has 0 aromatic heterocycles. The van der Waals surface area contributed by atoms with Gasteiger partial charge in [0, 0.05) is 25.2 Å². The van der Waals surface area contributed by atoms with Crippen molar-refractivity contribution in [3.63, 3.8) is 0 Å². The summed E-state index contributed by atoms with van der Waals surface area (Å²) in [4.78, 5) is 38.4. The molecular formula is C27H28Cl2N4O6S. The molecule has 0 heterocycles. The molecule has 0 bridgehead atoms. The first kappa shape index (κ1) is 30.9. The number of carbonyl (C=O) groups excluding carboxylic acids is 2.